The minimum atomic E-state index is -1.38. The fourth-order valence-electron chi connectivity index (χ4n) is 1.59. The lowest BCUT2D eigenvalue weighted by atomic mass is 10.1. The van der Waals surface area contributed by atoms with Crippen molar-refractivity contribution in [2.45, 2.75) is 26.2 Å². The van der Waals surface area contributed by atoms with E-state index in [0.717, 1.165) is 10.9 Å². The van der Waals surface area contributed by atoms with Gasteiger partial charge >= 0.3 is 0 Å². The Morgan fingerprint density at radius 2 is 1.89 bits per heavy atom. The van der Waals surface area contributed by atoms with Gasteiger partial charge in [0, 0.05) is 6.20 Å². The second-order valence-corrected chi connectivity index (χ2v) is 10.4. The predicted molar refractivity (Wildman–Crippen MR) is 73.3 cm³/mol. The monoisotopic (exact) mass is 256 g/mol. The average Bonchev–Trinajstić information content (AvgIpc) is 2.78. The zero-order chi connectivity index (χ0) is 13.2. The fourth-order valence-corrected chi connectivity index (χ4v) is 2.47. The molecular weight excluding hydrogens is 240 g/mol. The first-order chi connectivity index (χ1) is 8.49. The molecule has 4 nitrogen and oxygen atoms in total. The highest BCUT2D eigenvalue weighted by Crippen LogP contribution is 2.05. The Hall–Kier alpha value is -1.93. The molecule has 5 heteroatoms. The van der Waals surface area contributed by atoms with Crippen LogP contribution in [-0.4, -0.2) is 23.1 Å². The van der Waals surface area contributed by atoms with Crippen molar-refractivity contribution in [3.8, 4) is 6.07 Å². The average molecular weight is 256 g/mol. The lowest BCUT2D eigenvalue weighted by molar-refractivity contribution is 0.650. The molecule has 0 radical (unpaired) electrons. The number of nitrogens with zero attached hydrogens (tertiary/aromatic N) is 4. The van der Waals surface area contributed by atoms with Gasteiger partial charge in [-0.3, -0.25) is 0 Å². The largest absolute Gasteiger partial charge is 0.248 e. The summed E-state index contributed by atoms with van der Waals surface area (Å²) in [5, 5.41) is 18.3. The van der Waals surface area contributed by atoms with Crippen LogP contribution in [-0.2, 0) is 6.54 Å². The maximum atomic E-state index is 8.74. The molecule has 2 aromatic rings. The molecule has 0 bridgehead atoms. The van der Waals surface area contributed by atoms with Crippen molar-refractivity contribution in [3.63, 3.8) is 0 Å². The standard InChI is InChI=1S/C13H16N4Si/c1-18(2,3)13-10-17(16-15-13)9-12-6-4-11(8-14)5-7-12/h4-7,10H,9H2,1-3H3. The first-order valence-corrected chi connectivity index (χ1v) is 9.39. The Morgan fingerprint density at radius 3 is 2.39 bits per heavy atom. The van der Waals surface area contributed by atoms with Gasteiger partial charge in [-0.25, -0.2) is 4.68 Å². The van der Waals surface area contributed by atoms with Crippen LogP contribution < -0.4 is 5.32 Å². The maximum Gasteiger partial charge on any atom is 0.106 e. The van der Waals surface area contributed by atoms with Crippen molar-refractivity contribution in [2.75, 3.05) is 0 Å². The van der Waals surface area contributed by atoms with E-state index >= 15 is 0 Å². The van der Waals surface area contributed by atoms with Crippen LogP contribution in [0.15, 0.2) is 30.5 Å². The summed E-state index contributed by atoms with van der Waals surface area (Å²) in [6, 6.07) is 9.67. The van der Waals surface area contributed by atoms with Gasteiger partial charge in [0.1, 0.15) is 8.07 Å². The molecule has 0 unspecified atom stereocenters. The van der Waals surface area contributed by atoms with Gasteiger partial charge in [0.25, 0.3) is 0 Å². The van der Waals surface area contributed by atoms with Crippen LogP contribution in [0.5, 0.6) is 0 Å². The molecular formula is C13H16N4Si. The van der Waals surface area contributed by atoms with Crippen molar-refractivity contribution in [1.82, 2.24) is 15.0 Å². The van der Waals surface area contributed by atoms with E-state index in [4.69, 9.17) is 5.26 Å². The quantitative estimate of drug-likeness (QED) is 0.786. The third-order valence-corrected chi connectivity index (χ3v) is 4.50. The van der Waals surface area contributed by atoms with Gasteiger partial charge < -0.3 is 0 Å². The minimum absolute atomic E-state index is 0.681. The molecule has 0 aliphatic heterocycles. The van der Waals surface area contributed by atoms with Crippen LogP contribution in [0.1, 0.15) is 11.1 Å². The summed E-state index contributed by atoms with van der Waals surface area (Å²) in [5.41, 5.74) is 1.81. The van der Waals surface area contributed by atoms with Crippen molar-refractivity contribution >= 4 is 13.4 Å². The minimum Gasteiger partial charge on any atom is -0.248 e. The first kappa shape index (κ1) is 12.5. The van der Waals surface area contributed by atoms with Gasteiger partial charge in [0.15, 0.2) is 0 Å². The van der Waals surface area contributed by atoms with Crippen LogP contribution in [0, 0.1) is 11.3 Å². The van der Waals surface area contributed by atoms with Crippen LogP contribution in [0.25, 0.3) is 0 Å². The Labute approximate surface area is 108 Å². The summed E-state index contributed by atoms with van der Waals surface area (Å²) in [6.07, 6.45) is 2.03. The van der Waals surface area contributed by atoms with Gasteiger partial charge in [0.2, 0.25) is 0 Å². The first-order valence-electron chi connectivity index (χ1n) is 5.89. The molecule has 0 atom stereocenters. The molecule has 1 aromatic heterocycles. The molecule has 0 spiro atoms. The zero-order valence-electron chi connectivity index (χ0n) is 10.9. The molecule has 0 saturated carbocycles. The molecule has 1 heterocycles. The van der Waals surface area contributed by atoms with E-state index in [1.165, 1.54) is 0 Å². The summed E-state index contributed by atoms with van der Waals surface area (Å²) in [4.78, 5) is 0. The topological polar surface area (TPSA) is 54.5 Å². The number of hydrogen-bond acceptors (Lipinski definition) is 3. The van der Waals surface area contributed by atoms with Crippen molar-refractivity contribution in [1.29, 1.82) is 5.26 Å². The van der Waals surface area contributed by atoms with Crippen LogP contribution in [0.2, 0.25) is 19.6 Å². The molecule has 0 fully saturated rings. The van der Waals surface area contributed by atoms with Crippen LogP contribution in [0.3, 0.4) is 0 Å². The van der Waals surface area contributed by atoms with E-state index < -0.39 is 8.07 Å². The Morgan fingerprint density at radius 1 is 1.22 bits per heavy atom. The molecule has 18 heavy (non-hydrogen) atoms. The second kappa shape index (κ2) is 4.74. The van der Waals surface area contributed by atoms with E-state index in [9.17, 15) is 0 Å². The molecule has 0 amide bonds. The zero-order valence-corrected chi connectivity index (χ0v) is 11.9. The van der Waals surface area contributed by atoms with Crippen LogP contribution >= 0.6 is 0 Å². The van der Waals surface area contributed by atoms with Gasteiger partial charge in [0.05, 0.1) is 23.5 Å². The SMILES string of the molecule is C[Si](C)(C)c1cn(Cc2ccc(C#N)cc2)nn1. The fraction of sp³-hybridized carbons (Fsp3) is 0.308. The molecule has 2 rings (SSSR count). The lowest BCUT2D eigenvalue weighted by Gasteiger charge is -2.09. The van der Waals surface area contributed by atoms with E-state index in [1.54, 1.807) is 0 Å². The summed E-state index contributed by atoms with van der Waals surface area (Å²) in [6.45, 7) is 7.46. The Bertz CT molecular complexity index is 572. The maximum absolute atomic E-state index is 8.74. The smallest absolute Gasteiger partial charge is 0.106 e. The number of benzene rings is 1. The van der Waals surface area contributed by atoms with E-state index in [0.29, 0.717) is 12.1 Å². The Balaban J connectivity index is 2.14. The van der Waals surface area contributed by atoms with Crippen LogP contribution in [0.4, 0.5) is 0 Å². The van der Waals surface area contributed by atoms with E-state index in [2.05, 4.69) is 36.0 Å². The third-order valence-electron chi connectivity index (χ3n) is 2.73. The third kappa shape index (κ3) is 2.84. The highest BCUT2D eigenvalue weighted by molar-refractivity contribution is 6.88. The summed E-state index contributed by atoms with van der Waals surface area (Å²) in [5.74, 6) is 0. The molecule has 92 valence electrons. The lowest BCUT2D eigenvalue weighted by Crippen LogP contribution is -2.38. The number of rotatable bonds is 3. The Kier molecular flexibility index (Phi) is 3.30. The predicted octanol–water partition coefficient (Wildman–Crippen LogP) is 1.74. The molecule has 0 aliphatic rings. The number of aromatic nitrogens is 3. The summed E-state index contributed by atoms with van der Waals surface area (Å²) >= 11 is 0. The highest BCUT2D eigenvalue weighted by Gasteiger charge is 2.20. The highest BCUT2D eigenvalue weighted by atomic mass is 28.3. The van der Waals surface area contributed by atoms with E-state index in [1.807, 2.05) is 35.1 Å². The van der Waals surface area contributed by atoms with Crippen molar-refractivity contribution in [2.24, 2.45) is 0 Å². The number of nitriles is 1. The number of hydrogen-bond donors (Lipinski definition) is 0. The summed E-state index contributed by atoms with van der Waals surface area (Å²) in [7, 11) is -1.38. The van der Waals surface area contributed by atoms with Crippen molar-refractivity contribution < 1.29 is 0 Å². The second-order valence-electron chi connectivity index (χ2n) is 5.36. The van der Waals surface area contributed by atoms with Crippen molar-refractivity contribution in [3.05, 3.63) is 41.6 Å². The van der Waals surface area contributed by atoms with E-state index in [-0.39, 0.29) is 0 Å². The summed E-state index contributed by atoms with van der Waals surface area (Å²) < 4.78 is 1.86. The normalized spacial score (nSPS) is 11.2. The van der Waals surface area contributed by atoms with Gasteiger partial charge in [-0.15, -0.1) is 5.10 Å². The molecule has 0 aliphatic carbocycles. The van der Waals surface area contributed by atoms with Gasteiger partial charge in [-0.2, -0.15) is 5.26 Å². The van der Waals surface area contributed by atoms with Gasteiger partial charge in [-0.05, 0) is 17.7 Å². The molecule has 1 aromatic carbocycles. The van der Waals surface area contributed by atoms with Gasteiger partial charge in [-0.1, -0.05) is 37.0 Å². The molecule has 0 saturated heterocycles. The molecule has 0 N–H and O–H groups in total.